The average Bonchev–Trinajstić information content (AvgIpc) is 2.93. The van der Waals surface area contributed by atoms with Gasteiger partial charge in [0.15, 0.2) is 5.96 Å². The molecular formula is C16H19N3OS. The highest BCUT2D eigenvalue weighted by Crippen LogP contribution is 2.30. The Morgan fingerprint density at radius 3 is 2.76 bits per heavy atom. The van der Waals surface area contributed by atoms with Gasteiger partial charge in [0.1, 0.15) is 11.8 Å². The van der Waals surface area contributed by atoms with Crippen molar-refractivity contribution in [2.24, 2.45) is 10.7 Å². The molecule has 0 radical (unpaired) electrons. The van der Waals surface area contributed by atoms with E-state index in [2.05, 4.69) is 28.7 Å². The van der Waals surface area contributed by atoms with Gasteiger partial charge in [-0.2, -0.15) is 0 Å². The number of nitrogens with two attached hydrogens (primary N) is 1. The van der Waals surface area contributed by atoms with Gasteiger partial charge in [-0.3, -0.25) is 4.99 Å². The van der Waals surface area contributed by atoms with Gasteiger partial charge in [-0.25, -0.2) is 0 Å². The number of benzene rings is 1. The smallest absolute Gasteiger partial charge is 0.189 e. The topological polar surface area (TPSA) is 67.5 Å². The minimum absolute atomic E-state index is 0.238. The summed E-state index contributed by atoms with van der Waals surface area (Å²) < 4.78 is 0. The Morgan fingerprint density at radius 2 is 2.19 bits per heavy atom. The lowest BCUT2D eigenvalue weighted by molar-refractivity contribution is -0.112. The van der Waals surface area contributed by atoms with E-state index in [0.29, 0.717) is 0 Å². The van der Waals surface area contributed by atoms with E-state index in [9.17, 15) is 4.79 Å². The van der Waals surface area contributed by atoms with Crippen molar-refractivity contribution in [3.8, 4) is 10.4 Å². The first kappa shape index (κ1) is 15.3. The third-order valence-electron chi connectivity index (χ3n) is 3.34. The van der Waals surface area contributed by atoms with Gasteiger partial charge in [-0.1, -0.05) is 18.2 Å². The second kappa shape index (κ2) is 6.10. The summed E-state index contributed by atoms with van der Waals surface area (Å²) in [6, 6.07) is 10.0. The predicted octanol–water partition coefficient (Wildman–Crippen LogP) is 2.67. The van der Waals surface area contributed by atoms with Gasteiger partial charge in [-0.05, 0) is 48.1 Å². The van der Waals surface area contributed by atoms with Gasteiger partial charge < -0.3 is 15.8 Å². The number of nitrogens with zero attached hydrogens (tertiary/aromatic N) is 1. The highest BCUT2D eigenvalue weighted by atomic mass is 32.1. The first-order valence-electron chi connectivity index (χ1n) is 6.61. The number of rotatable bonds is 4. The van der Waals surface area contributed by atoms with Gasteiger partial charge in [-0.15, -0.1) is 11.3 Å². The number of hydrogen-bond donors (Lipinski definition) is 2. The van der Waals surface area contributed by atoms with Crippen molar-refractivity contribution < 1.29 is 4.79 Å². The summed E-state index contributed by atoms with van der Waals surface area (Å²) in [7, 11) is 1.58. The third kappa shape index (κ3) is 3.31. The number of aldehydes is 1. The molecule has 1 atom stereocenters. The van der Waals surface area contributed by atoms with Crippen molar-refractivity contribution >= 4 is 23.6 Å². The fraction of sp³-hybridized carbons (Fsp3) is 0.250. The Kier molecular flexibility index (Phi) is 4.43. The lowest BCUT2D eigenvalue weighted by atomic mass is 9.92. The molecule has 1 aromatic heterocycles. The molecule has 0 fully saturated rings. The van der Waals surface area contributed by atoms with Gasteiger partial charge in [0.25, 0.3) is 0 Å². The molecule has 3 N–H and O–H groups in total. The minimum Gasteiger partial charge on any atom is -0.370 e. The number of aliphatic imine (C=N–C) groups is 1. The fourth-order valence-electron chi connectivity index (χ4n) is 2.07. The van der Waals surface area contributed by atoms with Crippen molar-refractivity contribution in [3.63, 3.8) is 0 Å². The maximum atomic E-state index is 11.6. The fourth-order valence-corrected chi connectivity index (χ4v) is 2.97. The monoisotopic (exact) mass is 301 g/mol. The molecular weight excluding hydrogens is 282 g/mol. The molecule has 0 amide bonds. The lowest BCUT2D eigenvalue weighted by Crippen LogP contribution is -2.48. The number of thiophene rings is 1. The maximum absolute atomic E-state index is 11.6. The molecule has 0 aliphatic rings. The summed E-state index contributed by atoms with van der Waals surface area (Å²) in [6.45, 7) is 3.86. The quantitative estimate of drug-likeness (QED) is 0.518. The Morgan fingerprint density at radius 1 is 1.43 bits per heavy atom. The molecule has 0 spiro atoms. The van der Waals surface area contributed by atoms with Gasteiger partial charge in [0.2, 0.25) is 0 Å². The lowest BCUT2D eigenvalue weighted by Gasteiger charge is -2.26. The molecule has 1 unspecified atom stereocenters. The van der Waals surface area contributed by atoms with E-state index < -0.39 is 5.54 Å². The molecule has 4 nitrogen and oxygen atoms in total. The zero-order valence-electron chi connectivity index (χ0n) is 12.4. The van der Waals surface area contributed by atoms with Crippen LogP contribution in [0.1, 0.15) is 18.1 Å². The molecule has 0 aliphatic carbocycles. The van der Waals surface area contributed by atoms with Crippen LogP contribution in [0.2, 0.25) is 0 Å². The Labute approximate surface area is 128 Å². The van der Waals surface area contributed by atoms with Crippen molar-refractivity contribution in [3.05, 3.63) is 46.8 Å². The van der Waals surface area contributed by atoms with Crippen LogP contribution >= 0.6 is 11.3 Å². The SMILES string of the molecule is CN=C(N)NC(C)(C=O)c1cccc(-c2cc(C)cs2)c1. The molecule has 2 rings (SSSR count). The molecule has 0 saturated carbocycles. The molecule has 110 valence electrons. The van der Waals surface area contributed by atoms with Crippen molar-refractivity contribution in [1.29, 1.82) is 0 Å². The number of nitrogens with one attached hydrogen (secondary N) is 1. The number of carbonyl (C=O) groups is 1. The van der Waals surface area contributed by atoms with Crippen LogP contribution in [0.15, 0.2) is 40.7 Å². The average molecular weight is 301 g/mol. The molecule has 1 aromatic carbocycles. The summed E-state index contributed by atoms with van der Waals surface area (Å²) in [4.78, 5) is 16.6. The zero-order chi connectivity index (χ0) is 15.5. The standard InChI is InChI=1S/C16H19N3OS/c1-11-7-14(21-9-11)12-5-4-6-13(8-12)16(2,10-20)19-15(17)18-3/h4-10H,1-3H3,(H3,17,18,19). The molecule has 5 heteroatoms. The van der Waals surface area contributed by atoms with Crippen molar-refractivity contribution in [1.82, 2.24) is 5.32 Å². The number of guanidine groups is 1. The Balaban J connectivity index is 2.41. The van der Waals surface area contributed by atoms with Crippen LogP contribution in [0.3, 0.4) is 0 Å². The molecule has 21 heavy (non-hydrogen) atoms. The van der Waals surface area contributed by atoms with E-state index >= 15 is 0 Å². The number of hydrogen-bond acceptors (Lipinski definition) is 3. The predicted molar refractivity (Wildman–Crippen MR) is 88.6 cm³/mol. The van der Waals surface area contributed by atoms with Gasteiger partial charge in [0.05, 0.1) is 0 Å². The first-order valence-corrected chi connectivity index (χ1v) is 7.49. The second-order valence-electron chi connectivity index (χ2n) is 5.12. The van der Waals surface area contributed by atoms with Crippen LogP contribution in [-0.2, 0) is 10.3 Å². The summed E-state index contributed by atoms with van der Waals surface area (Å²) >= 11 is 1.69. The third-order valence-corrected chi connectivity index (χ3v) is 4.44. The van der Waals surface area contributed by atoms with Gasteiger partial charge >= 0.3 is 0 Å². The highest BCUT2D eigenvalue weighted by Gasteiger charge is 2.27. The summed E-state index contributed by atoms with van der Waals surface area (Å²) in [5, 5.41) is 5.07. The van der Waals surface area contributed by atoms with Crippen molar-refractivity contribution in [2.75, 3.05) is 7.05 Å². The van der Waals surface area contributed by atoms with E-state index in [1.807, 2.05) is 24.3 Å². The van der Waals surface area contributed by atoms with Crippen LogP contribution in [0.5, 0.6) is 0 Å². The number of aryl methyl sites for hydroxylation is 1. The summed E-state index contributed by atoms with van der Waals surface area (Å²) in [5.74, 6) is 0.238. The van der Waals surface area contributed by atoms with Gasteiger partial charge in [0, 0.05) is 11.9 Å². The van der Waals surface area contributed by atoms with E-state index in [-0.39, 0.29) is 5.96 Å². The normalized spacial score (nSPS) is 14.5. The molecule has 0 saturated heterocycles. The van der Waals surface area contributed by atoms with Crippen LogP contribution < -0.4 is 11.1 Å². The summed E-state index contributed by atoms with van der Waals surface area (Å²) in [6.07, 6.45) is 0.851. The zero-order valence-corrected chi connectivity index (χ0v) is 13.2. The maximum Gasteiger partial charge on any atom is 0.189 e. The molecule has 0 bridgehead atoms. The first-order chi connectivity index (χ1) is 9.98. The van der Waals surface area contributed by atoms with Crippen LogP contribution in [0.25, 0.3) is 10.4 Å². The van der Waals surface area contributed by atoms with Crippen LogP contribution in [0, 0.1) is 6.92 Å². The van der Waals surface area contributed by atoms with E-state index in [0.717, 1.165) is 17.4 Å². The van der Waals surface area contributed by atoms with E-state index in [1.165, 1.54) is 10.4 Å². The van der Waals surface area contributed by atoms with E-state index in [4.69, 9.17) is 5.73 Å². The molecule has 1 heterocycles. The second-order valence-corrected chi connectivity index (χ2v) is 6.03. The molecule has 0 aliphatic heterocycles. The van der Waals surface area contributed by atoms with E-state index in [1.54, 1.807) is 25.3 Å². The highest BCUT2D eigenvalue weighted by molar-refractivity contribution is 7.13. The Hall–Kier alpha value is -2.14. The van der Waals surface area contributed by atoms with Crippen molar-refractivity contribution in [2.45, 2.75) is 19.4 Å². The van der Waals surface area contributed by atoms with Crippen LogP contribution in [0.4, 0.5) is 0 Å². The number of carbonyl (C=O) groups excluding carboxylic acids is 1. The minimum atomic E-state index is -0.897. The largest absolute Gasteiger partial charge is 0.370 e. The summed E-state index contributed by atoms with van der Waals surface area (Å²) in [5.41, 5.74) is 7.99. The Bertz CT molecular complexity index is 678. The van der Waals surface area contributed by atoms with Crippen LogP contribution in [-0.4, -0.2) is 19.3 Å². The molecule has 2 aromatic rings.